The third-order valence-corrected chi connectivity index (χ3v) is 4.91. The van der Waals surface area contributed by atoms with Crippen molar-refractivity contribution in [3.8, 4) is 10.6 Å². The number of carbonyl (C=O) groups is 1. The number of hydrogen-bond donors (Lipinski definition) is 0. The molecule has 22 heavy (non-hydrogen) atoms. The van der Waals surface area contributed by atoms with Gasteiger partial charge in [-0.3, -0.25) is 4.79 Å². The van der Waals surface area contributed by atoms with E-state index in [1.54, 1.807) is 0 Å². The molecular formula is C17H20N2O2S. The molecular weight excluding hydrogens is 296 g/mol. The zero-order valence-corrected chi connectivity index (χ0v) is 13.9. The lowest BCUT2D eigenvalue weighted by molar-refractivity contribution is -0.0585. The highest BCUT2D eigenvalue weighted by molar-refractivity contribution is 7.17. The summed E-state index contributed by atoms with van der Waals surface area (Å²) < 4.78 is 5.70. The molecule has 2 atom stereocenters. The van der Waals surface area contributed by atoms with E-state index < -0.39 is 0 Å². The number of benzene rings is 1. The van der Waals surface area contributed by atoms with Crippen LogP contribution in [0.2, 0.25) is 0 Å². The Balaban J connectivity index is 1.86. The molecule has 2 heterocycles. The van der Waals surface area contributed by atoms with Gasteiger partial charge in [-0.1, -0.05) is 30.3 Å². The second kappa shape index (κ2) is 6.18. The van der Waals surface area contributed by atoms with Crippen molar-refractivity contribution >= 4 is 17.2 Å². The number of morpholine rings is 1. The van der Waals surface area contributed by atoms with Gasteiger partial charge in [-0.15, -0.1) is 11.3 Å². The Hall–Kier alpha value is -1.72. The van der Waals surface area contributed by atoms with Gasteiger partial charge in [0.15, 0.2) is 0 Å². The van der Waals surface area contributed by atoms with Crippen LogP contribution in [0.15, 0.2) is 30.3 Å². The lowest BCUT2D eigenvalue weighted by Gasteiger charge is -2.35. The Morgan fingerprint density at radius 2 is 1.86 bits per heavy atom. The number of thiazole rings is 1. The average molecular weight is 316 g/mol. The molecule has 0 aliphatic carbocycles. The summed E-state index contributed by atoms with van der Waals surface area (Å²) in [5.74, 6) is 0.0687. The summed E-state index contributed by atoms with van der Waals surface area (Å²) in [5, 5.41) is 0.899. The van der Waals surface area contributed by atoms with E-state index in [-0.39, 0.29) is 18.1 Å². The van der Waals surface area contributed by atoms with Gasteiger partial charge in [-0.2, -0.15) is 0 Å². The number of nitrogens with zero attached hydrogens (tertiary/aromatic N) is 2. The van der Waals surface area contributed by atoms with E-state index in [0.29, 0.717) is 13.1 Å². The summed E-state index contributed by atoms with van der Waals surface area (Å²) in [4.78, 5) is 20.0. The van der Waals surface area contributed by atoms with Crippen LogP contribution in [-0.4, -0.2) is 41.1 Å². The summed E-state index contributed by atoms with van der Waals surface area (Å²) in [5.41, 5.74) is 1.86. The van der Waals surface area contributed by atoms with Crippen LogP contribution in [0, 0.1) is 6.92 Å². The molecule has 0 radical (unpaired) electrons. The minimum Gasteiger partial charge on any atom is -0.372 e. The van der Waals surface area contributed by atoms with E-state index in [2.05, 4.69) is 4.98 Å². The molecule has 1 aliphatic heterocycles. The molecule has 1 amide bonds. The quantitative estimate of drug-likeness (QED) is 0.853. The lowest BCUT2D eigenvalue weighted by Crippen LogP contribution is -2.48. The minimum atomic E-state index is 0.0687. The molecule has 0 spiro atoms. The van der Waals surface area contributed by atoms with Gasteiger partial charge in [0.1, 0.15) is 9.88 Å². The first-order valence-electron chi connectivity index (χ1n) is 7.52. The number of aryl methyl sites for hydroxylation is 1. The van der Waals surface area contributed by atoms with Gasteiger partial charge < -0.3 is 9.64 Å². The molecule has 3 rings (SSSR count). The van der Waals surface area contributed by atoms with E-state index >= 15 is 0 Å². The first-order valence-corrected chi connectivity index (χ1v) is 8.34. The van der Waals surface area contributed by atoms with E-state index in [9.17, 15) is 4.79 Å². The Morgan fingerprint density at radius 1 is 1.23 bits per heavy atom. The fourth-order valence-corrected chi connectivity index (χ4v) is 3.83. The number of carbonyl (C=O) groups excluding carboxylic acids is 1. The monoisotopic (exact) mass is 316 g/mol. The van der Waals surface area contributed by atoms with Crippen molar-refractivity contribution in [2.75, 3.05) is 13.1 Å². The highest BCUT2D eigenvalue weighted by atomic mass is 32.1. The van der Waals surface area contributed by atoms with E-state index in [0.717, 1.165) is 21.1 Å². The van der Waals surface area contributed by atoms with Crippen molar-refractivity contribution in [1.82, 2.24) is 9.88 Å². The summed E-state index contributed by atoms with van der Waals surface area (Å²) in [7, 11) is 0. The Labute approximate surface area is 134 Å². The molecule has 0 unspecified atom stereocenters. The van der Waals surface area contributed by atoms with Crippen LogP contribution in [0.3, 0.4) is 0 Å². The number of ether oxygens (including phenoxy) is 1. The number of aromatic nitrogens is 1. The van der Waals surface area contributed by atoms with Crippen molar-refractivity contribution in [3.63, 3.8) is 0 Å². The molecule has 0 saturated carbocycles. The number of hydrogen-bond acceptors (Lipinski definition) is 4. The smallest absolute Gasteiger partial charge is 0.266 e. The molecule has 1 aromatic carbocycles. The van der Waals surface area contributed by atoms with E-state index in [1.165, 1.54) is 11.3 Å². The SMILES string of the molecule is Cc1nc(-c2ccccc2)sc1C(=O)N1C[C@@H](C)O[C@@H](C)C1. The van der Waals surface area contributed by atoms with Gasteiger partial charge in [0.2, 0.25) is 0 Å². The largest absolute Gasteiger partial charge is 0.372 e. The molecule has 1 aromatic heterocycles. The summed E-state index contributed by atoms with van der Waals surface area (Å²) in [6.45, 7) is 7.20. The number of rotatable bonds is 2. The second-order valence-electron chi connectivity index (χ2n) is 5.77. The lowest BCUT2D eigenvalue weighted by atomic mass is 10.2. The maximum Gasteiger partial charge on any atom is 0.266 e. The molecule has 1 saturated heterocycles. The zero-order valence-electron chi connectivity index (χ0n) is 13.1. The van der Waals surface area contributed by atoms with Gasteiger partial charge in [-0.25, -0.2) is 4.98 Å². The zero-order chi connectivity index (χ0) is 15.7. The Kier molecular flexibility index (Phi) is 4.27. The molecule has 116 valence electrons. The first kappa shape index (κ1) is 15.2. The highest BCUT2D eigenvalue weighted by Crippen LogP contribution is 2.29. The normalized spacial score (nSPS) is 21.9. The van der Waals surface area contributed by atoms with Crippen molar-refractivity contribution < 1.29 is 9.53 Å². The average Bonchev–Trinajstić information content (AvgIpc) is 2.88. The van der Waals surface area contributed by atoms with Crippen LogP contribution in [0.1, 0.15) is 29.2 Å². The van der Waals surface area contributed by atoms with Gasteiger partial charge >= 0.3 is 0 Å². The second-order valence-corrected chi connectivity index (χ2v) is 6.77. The fraction of sp³-hybridized carbons (Fsp3) is 0.412. The predicted molar refractivity (Wildman–Crippen MR) is 88.2 cm³/mol. The summed E-state index contributed by atoms with van der Waals surface area (Å²) >= 11 is 1.47. The van der Waals surface area contributed by atoms with Crippen molar-refractivity contribution in [2.45, 2.75) is 33.0 Å². The molecule has 4 nitrogen and oxygen atoms in total. The van der Waals surface area contributed by atoms with Crippen LogP contribution in [-0.2, 0) is 4.74 Å². The minimum absolute atomic E-state index is 0.0687. The van der Waals surface area contributed by atoms with E-state index in [4.69, 9.17) is 4.74 Å². The molecule has 0 bridgehead atoms. The van der Waals surface area contributed by atoms with Crippen molar-refractivity contribution in [3.05, 3.63) is 40.9 Å². The van der Waals surface area contributed by atoms with Crippen molar-refractivity contribution in [2.24, 2.45) is 0 Å². The van der Waals surface area contributed by atoms with Crippen LogP contribution in [0.25, 0.3) is 10.6 Å². The molecule has 0 N–H and O–H groups in total. The number of amides is 1. The maximum atomic E-state index is 12.8. The molecule has 1 fully saturated rings. The van der Waals surface area contributed by atoms with Crippen LogP contribution < -0.4 is 0 Å². The van der Waals surface area contributed by atoms with Gasteiger partial charge in [-0.05, 0) is 20.8 Å². The first-order chi connectivity index (χ1) is 10.5. The van der Waals surface area contributed by atoms with Crippen molar-refractivity contribution in [1.29, 1.82) is 0 Å². The van der Waals surface area contributed by atoms with Gasteiger partial charge in [0, 0.05) is 18.7 Å². The molecule has 2 aromatic rings. The van der Waals surface area contributed by atoms with Gasteiger partial charge in [0.05, 0.1) is 17.9 Å². The fourth-order valence-electron chi connectivity index (χ4n) is 2.79. The standard InChI is InChI=1S/C17H20N2O2S/c1-11-9-19(10-12(2)21-11)17(20)15-13(3)18-16(22-15)14-7-5-4-6-8-14/h4-8,11-12H,9-10H2,1-3H3/t11-,12+. The Bertz CT molecular complexity index is 659. The topological polar surface area (TPSA) is 42.4 Å². The van der Waals surface area contributed by atoms with Crippen LogP contribution >= 0.6 is 11.3 Å². The maximum absolute atomic E-state index is 12.8. The summed E-state index contributed by atoms with van der Waals surface area (Å²) in [6.07, 6.45) is 0.157. The molecule has 1 aliphatic rings. The van der Waals surface area contributed by atoms with Gasteiger partial charge in [0.25, 0.3) is 5.91 Å². The van der Waals surface area contributed by atoms with Crippen LogP contribution in [0.5, 0.6) is 0 Å². The summed E-state index contributed by atoms with van der Waals surface area (Å²) in [6, 6.07) is 9.99. The highest BCUT2D eigenvalue weighted by Gasteiger charge is 2.29. The predicted octanol–water partition coefficient (Wildman–Crippen LogP) is 3.37. The van der Waals surface area contributed by atoms with E-state index in [1.807, 2.05) is 56.0 Å². The third-order valence-electron chi connectivity index (χ3n) is 3.72. The third kappa shape index (κ3) is 3.05. The van der Waals surface area contributed by atoms with Crippen LogP contribution in [0.4, 0.5) is 0 Å². The Morgan fingerprint density at radius 3 is 2.50 bits per heavy atom. The molecule has 5 heteroatoms.